The lowest BCUT2D eigenvalue weighted by Crippen LogP contribution is -1.93. The molecule has 3 nitrogen and oxygen atoms in total. The van der Waals surface area contributed by atoms with Crippen molar-refractivity contribution in [3.63, 3.8) is 0 Å². The van der Waals surface area contributed by atoms with Gasteiger partial charge in [-0.05, 0) is 13.8 Å². The summed E-state index contributed by atoms with van der Waals surface area (Å²) in [6.45, 7) is 3.72. The normalized spacial score (nSPS) is 14.0. The molecule has 0 spiro atoms. The van der Waals surface area contributed by atoms with Crippen molar-refractivity contribution in [2.24, 2.45) is 7.05 Å². The average molecular weight is 166 g/mol. The van der Waals surface area contributed by atoms with E-state index in [1.807, 2.05) is 24.7 Å². The molecular formula is C9H14N2O. The summed E-state index contributed by atoms with van der Waals surface area (Å²) in [5.41, 5.74) is 2.16. The van der Waals surface area contributed by atoms with Gasteiger partial charge in [0.05, 0.1) is 12.3 Å². The first kappa shape index (κ1) is 9.00. The summed E-state index contributed by atoms with van der Waals surface area (Å²) in [6, 6.07) is 0. The van der Waals surface area contributed by atoms with Gasteiger partial charge in [0.15, 0.2) is 0 Å². The maximum Gasteiger partial charge on any atom is 0.0696 e. The number of aliphatic hydroxyl groups is 1. The number of aromatic nitrogens is 2. The molecule has 1 rings (SSSR count). The molecule has 0 bridgehead atoms. The van der Waals surface area contributed by atoms with E-state index in [0.717, 1.165) is 11.3 Å². The fraction of sp³-hybridized carbons (Fsp3) is 0.444. The molecule has 1 unspecified atom stereocenters. The van der Waals surface area contributed by atoms with Gasteiger partial charge in [-0.1, -0.05) is 12.2 Å². The number of nitrogens with zero attached hydrogens (tertiary/aromatic N) is 2. The van der Waals surface area contributed by atoms with Crippen LogP contribution in [0.3, 0.4) is 0 Å². The second-order valence-electron chi connectivity index (χ2n) is 2.91. The van der Waals surface area contributed by atoms with Crippen LogP contribution in [-0.2, 0) is 7.05 Å². The summed E-state index contributed by atoms with van der Waals surface area (Å²) < 4.78 is 1.81. The molecule has 0 aliphatic carbocycles. The average Bonchev–Trinajstić information content (AvgIpc) is 2.30. The van der Waals surface area contributed by atoms with Crippen LogP contribution in [0, 0.1) is 6.92 Å². The number of aryl methyl sites for hydroxylation is 1. The highest BCUT2D eigenvalue weighted by Crippen LogP contribution is 2.07. The maximum atomic E-state index is 9.00. The molecule has 0 aromatic carbocycles. The summed E-state index contributed by atoms with van der Waals surface area (Å²) in [4.78, 5) is 0. The highest BCUT2D eigenvalue weighted by Gasteiger charge is 1.98. The fourth-order valence-corrected chi connectivity index (χ4v) is 0.922. The summed E-state index contributed by atoms with van der Waals surface area (Å²) in [5.74, 6) is 0. The van der Waals surface area contributed by atoms with Gasteiger partial charge in [-0.3, -0.25) is 4.68 Å². The monoisotopic (exact) mass is 166 g/mol. The molecule has 12 heavy (non-hydrogen) atoms. The Morgan fingerprint density at radius 2 is 2.33 bits per heavy atom. The van der Waals surface area contributed by atoms with Crippen LogP contribution in [0.1, 0.15) is 18.2 Å². The highest BCUT2D eigenvalue weighted by molar-refractivity contribution is 5.50. The zero-order valence-electron chi connectivity index (χ0n) is 7.65. The topological polar surface area (TPSA) is 38.1 Å². The first-order chi connectivity index (χ1) is 5.61. The molecule has 1 heterocycles. The van der Waals surface area contributed by atoms with Crippen LogP contribution >= 0.6 is 0 Å². The summed E-state index contributed by atoms with van der Waals surface area (Å²) >= 11 is 0. The smallest absolute Gasteiger partial charge is 0.0696 e. The highest BCUT2D eigenvalue weighted by atomic mass is 16.3. The van der Waals surface area contributed by atoms with E-state index in [9.17, 15) is 0 Å². The number of hydrogen-bond donors (Lipinski definition) is 1. The molecule has 0 saturated heterocycles. The lowest BCUT2D eigenvalue weighted by Gasteiger charge is -1.95. The van der Waals surface area contributed by atoms with Crippen molar-refractivity contribution in [1.29, 1.82) is 0 Å². The standard InChI is InChI=1S/C9H14N2O/c1-7(12)4-5-9-6-10-11(3)8(9)2/h4-7,12H,1-3H3/b5-4+. The van der Waals surface area contributed by atoms with Gasteiger partial charge in [0.2, 0.25) is 0 Å². The molecule has 0 fully saturated rings. The molecule has 66 valence electrons. The lowest BCUT2D eigenvalue weighted by molar-refractivity contribution is 0.245. The quantitative estimate of drug-likeness (QED) is 0.715. The van der Waals surface area contributed by atoms with Gasteiger partial charge < -0.3 is 5.11 Å². The third kappa shape index (κ3) is 1.95. The third-order valence-electron chi connectivity index (χ3n) is 1.83. The number of aliphatic hydroxyl groups excluding tert-OH is 1. The van der Waals surface area contributed by atoms with Gasteiger partial charge in [-0.2, -0.15) is 5.10 Å². The molecule has 0 aliphatic heterocycles. The van der Waals surface area contributed by atoms with Crippen LogP contribution in [0.5, 0.6) is 0 Å². The Labute approximate surface area is 72.3 Å². The predicted octanol–water partition coefficient (Wildman–Crippen LogP) is 1.12. The maximum absolute atomic E-state index is 9.00. The van der Waals surface area contributed by atoms with E-state index in [1.54, 1.807) is 19.2 Å². The lowest BCUT2D eigenvalue weighted by atomic mass is 10.2. The second-order valence-corrected chi connectivity index (χ2v) is 2.91. The van der Waals surface area contributed by atoms with Gasteiger partial charge in [0, 0.05) is 18.3 Å². The van der Waals surface area contributed by atoms with E-state index in [1.165, 1.54) is 0 Å². The van der Waals surface area contributed by atoms with E-state index in [2.05, 4.69) is 5.10 Å². The van der Waals surface area contributed by atoms with Gasteiger partial charge in [-0.25, -0.2) is 0 Å². The molecule has 0 aliphatic rings. The molecule has 0 amide bonds. The predicted molar refractivity (Wildman–Crippen MR) is 48.7 cm³/mol. The third-order valence-corrected chi connectivity index (χ3v) is 1.83. The van der Waals surface area contributed by atoms with Crippen LogP contribution in [0.4, 0.5) is 0 Å². The van der Waals surface area contributed by atoms with Crippen molar-refractivity contribution in [3.05, 3.63) is 23.5 Å². The Balaban J connectivity index is 2.83. The Kier molecular flexibility index (Phi) is 2.65. The van der Waals surface area contributed by atoms with E-state index >= 15 is 0 Å². The van der Waals surface area contributed by atoms with Crippen molar-refractivity contribution < 1.29 is 5.11 Å². The van der Waals surface area contributed by atoms with Gasteiger partial charge in [0.25, 0.3) is 0 Å². The van der Waals surface area contributed by atoms with Crippen molar-refractivity contribution >= 4 is 6.08 Å². The van der Waals surface area contributed by atoms with Crippen LogP contribution in [-0.4, -0.2) is 21.0 Å². The van der Waals surface area contributed by atoms with Crippen molar-refractivity contribution in [3.8, 4) is 0 Å². The van der Waals surface area contributed by atoms with E-state index in [4.69, 9.17) is 5.11 Å². The number of rotatable bonds is 2. The first-order valence-electron chi connectivity index (χ1n) is 3.96. The Bertz CT molecular complexity index is 287. The minimum absolute atomic E-state index is 0.399. The van der Waals surface area contributed by atoms with E-state index in [-0.39, 0.29) is 0 Å². The molecular weight excluding hydrogens is 152 g/mol. The first-order valence-corrected chi connectivity index (χ1v) is 3.96. The van der Waals surface area contributed by atoms with Gasteiger partial charge in [-0.15, -0.1) is 0 Å². The van der Waals surface area contributed by atoms with Crippen LogP contribution in [0.25, 0.3) is 6.08 Å². The van der Waals surface area contributed by atoms with Crippen LogP contribution in [0.15, 0.2) is 12.3 Å². The Morgan fingerprint density at radius 1 is 1.67 bits per heavy atom. The zero-order valence-corrected chi connectivity index (χ0v) is 7.65. The van der Waals surface area contributed by atoms with Crippen LogP contribution < -0.4 is 0 Å². The molecule has 0 saturated carbocycles. The van der Waals surface area contributed by atoms with Gasteiger partial charge >= 0.3 is 0 Å². The zero-order chi connectivity index (χ0) is 9.14. The van der Waals surface area contributed by atoms with E-state index in [0.29, 0.717) is 0 Å². The van der Waals surface area contributed by atoms with Crippen molar-refractivity contribution in [2.75, 3.05) is 0 Å². The number of hydrogen-bond acceptors (Lipinski definition) is 2. The Hall–Kier alpha value is -1.09. The fourth-order valence-electron chi connectivity index (χ4n) is 0.922. The van der Waals surface area contributed by atoms with Crippen molar-refractivity contribution in [2.45, 2.75) is 20.0 Å². The summed E-state index contributed by atoms with van der Waals surface area (Å²) in [6.07, 6.45) is 5.01. The molecule has 1 aromatic rings. The molecule has 3 heteroatoms. The Morgan fingerprint density at radius 3 is 2.75 bits per heavy atom. The summed E-state index contributed by atoms with van der Waals surface area (Å²) in [5, 5.41) is 13.1. The summed E-state index contributed by atoms with van der Waals surface area (Å²) in [7, 11) is 1.90. The van der Waals surface area contributed by atoms with Crippen molar-refractivity contribution in [1.82, 2.24) is 9.78 Å². The molecule has 1 atom stereocenters. The molecule has 1 N–H and O–H groups in total. The van der Waals surface area contributed by atoms with Crippen LogP contribution in [0.2, 0.25) is 0 Å². The van der Waals surface area contributed by atoms with Gasteiger partial charge in [0.1, 0.15) is 0 Å². The second kappa shape index (κ2) is 3.54. The minimum atomic E-state index is -0.399. The minimum Gasteiger partial charge on any atom is -0.389 e. The SMILES string of the molecule is Cc1c(/C=C/C(C)O)cnn1C. The molecule has 1 aromatic heterocycles. The van der Waals surface area contributed by atoms with E-state index < -0.39 is 6.10 Å². The largest absolute Gasteiger partial charge is 0.389 e. The molecule has 0 radical (unpaired) electrons.